The predicted molar refractivity (Wildman–Crippen MR) is 120 cm³/mol. The number of ether oxygens (including phenoxy) is 4. The minimum Gasteiger partial charge on any atom is -0.493 e. The van der Waals surface area contributed by atoms with Crippen LogP contribution in [0.1, 0.15) is 34.3 Å². The van der Waals surface area contributed by atoms with Crippen LogP contribution in [0.25, 0.3) is 5.70 Å². The summed E-state index contributed by atoms with van der Waals surface area (Å²) >= 11 is 0. The number of carbonyl (C=O) groups is 3. The SMILES string of the molecule is COC(=O)COc1ccc(C2C3=C(N=C(C)C2C(=O)OC)c2ccccc2C3=O)cc1OC. The number of carbonyl (C=O) groups excluding carboxylic acids is 3. The van der Waals surface area contributed by atoms with Crippen molar-refractivity contribution in [3.63, 3.8) is 0 Å². The van der Waals surface area contributed by atoms with Crippen molar-refractivity contribution in [2.24, 2.45) is 10.9 Å². The van der Waals surface area contributed by atoms with Gasteiger partial charge in [-0.15, -0.1) is 0 Å². The molecule has 0 spiro atoms. The van der Waals surface area contributed by atoms with E-state index in [0.717, 1.165) is 5.56 Å². The maximum absolute atomic E-state index is 13.4. The number of nitrogens with zero attached hydrogens (tertiary/aromatic N) is 1. The number of benzene rings is 2. The molecule has 8 nitrogen and oxygen atoms in total. The minimum atomic E-state index is -0.779. The molecule has 0 radical (unpaired) electrons. The first kappa shape index (κ1) is 22.3. The maximum Gasteiger partial charge on any atom is 0.343 e. The van der Waals surface area contributed by atoms with Gasteiger partial charge in [0.15, 0.2) is 23.9 Å². The molecule has 0 bridgehead atoms. The number of esters is 2. The molecule has 2 atom stereocenters. The Morgan fingerprint density at radius 1 is 0.970 bits per heavy atom. The van der Waals surface area contributed by atoms with Gasteiger partial charge in [0.1, 0.15) is 5.92 Å². The van der Waals surface area contributed by atoms with Gasteiger partial charge in [-0.1, -0.05) is 30.3 Å². The van der Waals surface area contributed by atoms with Crippen molar-refractivity contribution in [3.8, 4) is 11.5 Å². The summed E-state index contributed by atoms with van der Waals surface area (Å²) in [6.45, 7) is 1.48. The molecule has 0 saturated heterocycles. The van der Waals surface area contributed by atoms with Crippen LogP contribution < -0.4 is 9.47 Å². The van der Waals surface area contributed by atoms with E-state index in [1.807, 2.05) is 12.1 Å². The Labute approximate surface area is 190 Å². The molecule has 1 heterocycles. The second kappa shape index (κ2) is 8.90. The number of rotatable bonds is 6. The average Bonchev–Trinajstić information content (AvgIpc) is 3.12. The molecule has 0 fully saturated rings. The van der Waals surface area contributed by atoms with Crippen LogP contribution in [0.3, 0.4) is 0 Å². The lowest BCUT2D eigenvalue weighted by Gasteiger charge is -2.30. The van der Waals surface area contributed by atoms with Crippen molar-refractivity contribution in [3.05, 3.63) is 64.7 Å². The highest BCUT2D eigenvalue weighted by atomic mass is 16.6. The fourth-order valence-corrected chi connectivity index (χ4v) is 4.33. The first-order chi connectivity index (χ1) is 15.9. The van der Waals surface area contributed by atoms with E-state index in [0.29, 0.717) is 39.6 Å². The molecule has 0 aromatic heterocycles. The van der Waals surface area contributed by atoms with Gasteiger partial charge in [0, 0.05) is 28.3 Å². The van der Waals surface area contributed by atoms with Crippen molar-refractivity contribution in [1.29, 1.82) is 0 Å². The second-order valence-electron chi connectivity index (χ2n) is 7.64. The molecule has 0 N–H and O–H groups in total. The summed E-state index contributed by atoms with van der Waals surface area (Å²) in [5.41, 5.74) is 3.54. The Morgan fingerprint density at radius 2 is 1.70 bits per heavy atom. The third-order valence-corrected chi connectivity index (χ3v) is 5.88. The largest absolute Gasteiger partial charge is 0.493 e. The highest BCUT2D eigenvalue weighted by Crippen LogP contribution is 2.49. The molecule has 2 aliphatic rings. The van der Waals surface area contributed by atoms with Crippen molar-refractivity contribution in [1.82, 2.24) is 0 Å². The summed E-state index contributed by atoms with van der Waals surface area (Å²) in [7, 11) is 4.05. The molecule has 33 heavy (non-hydrogen) atoms. The lowest BCUT2D eigenvalue weighted by Crippen LogP contribution is -2.34. The minimum absolute atomic E-state index is 0.166. The molecule has 1 aliphatic carbocycles. The number of allylic oxidation sites excluding steroid dienone is 1. The number of fused-ring (bicyclic) bond motifs is 2. The van der Waals surface area contributed by atoms with Crippen molar-refractivity contribution >= 4 is 29.1 Å². The lowest BCUT2D eigenvalue weighted by molar-refractivity contribution is -0.144. The number of Topliss-reactive ketones (excluding diaryl/α,β-unsaturated/α-hetero) is 1. The third kappa shape index (κ3) is 3.77. The van der Waals surface area contributed by atoms with Gasteiger partial charge in [-0.05, 0) is 24.6 Å². The van der Waals surface area contributed by atoms with E-state index >= 15 is 0 Å². The van der Waals surface area contributed by atoms with Crippen LogP contribution in [0.15, 0.2) is 53.0 Å². The summed E-state index contributed by atoms with van der Waals surface area (Å²) in [5.74, 6) is -1.91. The standard InChI is InChI=1S/C25H23NO7/c1-13-20(25(29)32-4)21(22-23(26-13)15-7-5-6-8-16(15)24(22)28)14-9-10-17(18(11-14)30-2)33-12-19(27)31-3/h5-11,20-21H,12H2,1-4H3. The fraction of sp³-hybridized carbons (Fsp3) is 0.280. The number of ketones is 1. The molecule has 8 heteroatoms. The number of hydrogen-bond acceptors (Lipinski definition) is 8. The summed E-state index contributed by atoms with van der Waals surface area (Å²) in [6.07, 6.45) is 0. The highest BCUT2D eigenvalue weighted by molar-refractivity contribution is 6.24. The zero-order valence-electron chi connectivity index (χ0n) is 18.7. The monoisotopic (exact) mass is 449 g/mol. The van der Waals surface area contributed by atoms with Crippen LogP contribution in [0.2, 0.25) is 0 Å². The topological polar surface area (TPSA) is 100 Å². The molecule has 2 aromatic rings. The van der Waals surface area contributed by atoms with Crippen LogP contribution >= 0.6 is 0 Å². The number of methoxy groups -OCH3 is 3. The summed E-state index contributed by atoms with van der Waals surface area (Å²) in [5, 5.41) is 0. The highest BCUT2D eigenvalue weighted by Gasteiger charge is 2.46. The van der Waals surface area contributed by atoms with Gasteiger partial charge in [-0.2, -0.15) is 0 Å². The molecule has 0 amide bonds. The van der Waals surface area contributed by atoms with Crippen LogP contribution in [-0.2, 0) is 19.1 Å². The van der Waals surface area contributed by atoms with Gasteiger partial charge < -0.3 is 18.9 Å². The normalized spacial score (nSPS) is 18.8. The van der Waals surface area contributed by atoms with Crippen LogP contribution in [0.4, 0.5) is 0 Å². The Morgan fingerprint density at radius 3 is 2.36 bits per heavy atom. The first-order valence-electron chi connectivity index (χ1n) is 10.3. The van der Waals surface area contributed by atoms with Crippen molar-refractivity contribution < 1.29 is 33.3 Å². The summed E-state index contributed by atoms with van der Waals surface area (Å²) in [6, 6.07) is 12.3. The van der Waals surface area contributed by atoms with E-state index in [1.54, 1.807) is 37.3 Å². The van der Waals surface area contributed by atoms with E-state index in [2.05, 4.69) is 9.73 Å². The molecule has 2 aromatic carbocycles. The second-order valence-corrected chi connectivity index (χ2v) is 7.64. The molecule has 0 saturated carbocycles. The number of aliphatic imine (C=N–C) groups is 1. The molecular formula is C25H23NO7. The zero-order chi connectivity index (χ0) is 23.7. The molecule has 170 valence electrons. The average molecular weight is 449 g/mol. The van der Waals surface area contributed by atoms with E-state index < -0.39 is 23.8 Å². The number of hydrogen-bond donors (Lipinski definition) is 0. The first-order valence-corrected chi connectivity index (χ1v) is 10.3. The van der Waals surface area contributed by atoms with Crippen LogP contribution in [-0.4, -0.2) is 51.4 Å². The maximum atomic E-state index is 13.4. The molecular weight excluding hydrogens is 426 g/mol. The van der Waals surface area contributed by atoms with Gasteiger partial charge in [0.25, 0.3) is 0 Å². The van der Waals surface area contributed by atoms with E-state index in [9.17, 15) is 14.4 Å². The van der Waals surface area contributed by atoms with Gasteiger partial charge >= 0.3 is 11.9 Å². The summed E-state index contributed by atoms with van der Waals surface area (Å²) < 4.78 is 20.6. The van der Waals surface area contributed by atoms with Gasteiger partial charge in [-0.25, -0.2) is 4.79 Å². The van der Waals surface area contributed by atoms with E-state index in [1.165, 1.54) is 21.3 Å². The quantitative estimate of drug-likeness (QED) is 0.624. The Hall–Kier alpha value is -3.94. The van der Waals surface area contributed by atoms with E-state index in [-0.39, 0.29) is 12.4 Å². The predicted octanol–water partition coefficient (Wildman–Crippen LogP) is 3.20. The third-order valence-electron chi connectivity index (χ3n) is 5.88. The van der Waals surface area contributed by atoms with Crippen LogP contribution in [0.5, 0.6) is 11.5 Å². The van der Waals surface area contributed by atoms with Crippen LogP contribution in [0, 0.1) is 5.92 Å². The molecule has 4 rings (SSSR count). The van der Waals surface area contributed by atoms with Gasteiger partial charge in [0.2, 0.25) is 0 Å². The van der Waals surface area contributed by atoms with Gasteiger partial charge in [-0.3, -0.25) is 14.6 Å². The fourth-order valence-electron chi connectivity index (χ4n) is 4.33. The Kier molecular flexibility index (Phi) is 6.00. The summed E-state index contributed by atoms with van der Waals surface area (Å²) in [4.78, 5) is 42.3. The zero-order valence-corrected chi connectivity index (χ0v) is 18.7. The molecule has 2 unspecified atom stereocenters. The molecule has 1 aliphatic heterocycles. The van der Waals surface area contributed by atoms with Crippen molar-refractivity contribution in [2.75, 3.05) is 27.9 Å². The smallest absolute Gasteiger partial charge is 0.343 e. The van der Waals surface area contributed by atoms with E-state index in [4.69, 9.17) is 14.2 Å². The van der Waals surface area contributed by atoms with Gasteiger partial charge in [0.05, 0.1) is 27.0 Å². The van der Waals surface area contributed by atoms with Crippen molar-refractivity contribution in [2.45, 2.75) is 12.8 Å². The lowest BCUT2D eigenvalue weighted by atomic mass is 9.75. The Balaban J connectivity index is 1.83. The Bertz CT molecular complexity index is 1210.